The number of anilines is 1. The van der Waals surface area contributed by atoms with Crippen LogP contribution < -0.4 is 11.3 Å². The number of thioether (sulfide) groups is 1. The van der Waals surface area contributed by atoms with Gasteiger partial charge in [-0.3, -0.25) is 4.79 Å². The van der Waals surface area contributed by atoms with Crippen LogP contribution in [0, 0.1) is 0 Å². The van der Waals surface area contributed by atoms with Crippen LogP contribution in [0.4, 0.5) is 5.69 Å². The lowest BCUT2D eigenvalue weighted by Crippen LogP contribution is -2.25. The number of hydrogen-bond donors (Lipinski definition) is 1. The van der Waals surface area contributed by atoms with Gasteiger partial charge in [-0.05, 0) is 30.7 Å². The summed E-state index contributed by atoms with van der Waals surface area (Å²) in [5.74, 6) is 1.22. The van der Waals surface area contributed by atoms with Crippen LogP contribution in [-0.2, 0) is 6.54 Å². The minimum Gasteiger partial charge on any atom is -0.394 e. The van der Waals surface area contributed by atoms with Crippen molar-refractivity contribution in [3.8, 4) is 0 Å². The Kier molecular flexibility index (Phi) is 2.82. The molecule has 1 aromatic rings. The molecule has 1 aromatic heterocycles. The monoisotopic (exact) mass is 210 g/mol. The summed E-state index contributed by atoms with van der Waals surface area (Å²) in [5, 5.41) is 0.592. The predicted octanol–water partition coefficient (Wildman–Crippen LogP) is 1.33. The van der Waals surface area contributed by atoms with Crippen LogP contribution in [0.1, 0.15) is 12.8 Å². The van der Waals surface area contributed by atoms with Crippen molar-refractivity contribution in [1.82, 2.24) is 4.57 Å². The summed E-state index contributed by atoms with van der Waals surface area (Å²) in [7, 11) is 0. The van der Waals surface area contributed by atoms with Gasteiger partial charge in [0.1, 0.15) is 0 Å². The Morgan fingerprint density at radius 2 is 2.50 bits per heavy atom. The quantitative estimate of drug-likeness (QED) is 0.801. The SMILES string of the molecule is Nc1cccn(CC2CCCS2)c1=O. The molecule has 14 heavy (non-hydrogen) atoms. The molecule has 0 amide bonds. The number of aromatic nitrogens is 1. The van der Waals surface area contributed by atoms with E-state index < -0.39 is 0 Å². The third-order valence-corrected chi connectivity index (χ3v) is 3.85. The van der Waals surface area contributed by atoms with Crippen LogP contribution in [0.25, 0.3) is 0 Å². The topological polar surface area (TPSA) is 48.0 Å². The van der Waals surface area contributed by atoms with Crippen molar-refractivity contribution in [3.63, 3.8) is 0 Å². The Hall–Kier alpha value is -0.900. The maximum Gasteiger partial charge on any atom is 0.273 e. The van der Waals surface area contributed by atoms with Gasteiger partial charge in [-0.1, -0.05) is 0 Å². The lowest BCUT2D eigenvalue weighted by molar-refractivity contribution is 0.621. The minimum absolute atomic E-state index is 0.0556. The molecule has 2 rings (SSSR count). The van der Waals surface area contributed by atoms with Gasteiger partial charge in [0.25, 0.3) is 5.56 Å². The Morgan fingerprint density at radius 1 is 1.64 bits per heavy atom. The highest BCUT2D eigenvalue weighted by Gasteiger charge is 2.16. The van der Waals surface area contributed by atoms with Crippen LogP contribution in [0.15, 0.2) is 23.1 Å². The van der Waals surface area contributed by atoms with Gasteiger partial charge in [-0.25, -0.2) is 0 Å². The van der Waals surface area contributed by atoms with E-state index in [4.69, 9.17) is 5.73 Å². The van der Waals surface area contributed by atoms with E-state index in [1.807, 2.05) is 24.0 Å². The molecule has 3 nitrogen and oxygen atoms in total. The fourth-order valence-electron chi connectivity index (χ4n) is 1.71. The third kappa shape index (κ3) is 1.95. The molecule has 1 atom stereocenters. The van der Waals surface area contributed by atoms with Crippen LogP contribution in [0.5, 0.6) is 0 Å². The van der Waals surface area contributed by atoms with E-state index in [1.165, 1.54) is 18.6 Å². The Labute approximate surface area is 87.3 Å². The standard InChI is InChI=1S/C10H14N2OS/c11-9-4-1-5-12(10(9)13)7-8-3-2-6-14-8/h1,4-5,8H,2-3,6-7,11H2. The lowest BCUT2D eigenvalue weighted by Gasteiger charge is -2.10. The minimum atomic E-state index is -0.0556. The molecule has 1 aliphatic heterocycles. The third-order valence-electron chi connectivity index (χ3n) is 2.47. The molecular formula is C10H14N2OS. The van der Waals surface area contributed by atoms with E-state index in [0.29, 0.717) is 10.9 Å². The van der Waals surface area contributed by atoms with E-state index in [1.54, 1.807) is 10.6 Å². The maximum absolute atomic E-state index is 11.6. The normalized spacial score (nSPS) is 21.3. The molecule has 0 aromatic carbocycles. The molecule has 1 fully saturated rings. The second-order valence-electron chi connectivity index (χ2n) is 3.56. The molecule has 2 N–H and O–H groups in total. The highest BCUT2D eigenvalue weighted by Crippen LogP contribution is 2.26. The molecule has 1 unspecified atom stereocenters. The van der Waals surface area contributed by atoms with Gasteiger partial charge in [0.15, 0.2) is 0 Å². The Bertz CT molecular complexity index is 369. The van der Waals surface area contributed by atoms with Crippen LogP contribution in [-0.4, -0.2) is 15.6 Å². The van der Waals surface area contributed by atoms with Gasteiger partial charge < -0.3 is 10.3 Å². The average molecular weight is 210 g/mol. The Morgan fingerprint density at radius 3 is 3.21 bits per heavy atom. The number of nitrogens with zero attached hydrogens (tertiary/aromatic N) is 1. The molecule has 0 bridgehead atoms. The summed E-state index contributed by atoms with van der Waals surface area (Å²) in [4.78, 5) is 11.6. The van der Waals surface area contributed by atoms with E-state index in [0.717, 1.165) is 6.54 Å². The zero-order valence-electron chi connectivity index (χ0n) is 7.98. The predicted molar refractivity (Wildman–Crippen MR) is 60.6 cm³/mol. The van der Waals surface area contributed by atoms with Crippen molar-refractivity contribution in [2.75, 3.05) is 11.5 Å². The molecule has 0 spiro atoms. The highest BCUT2D eigenvalue weighted by atomic mass is 32.2. The van der Waals surface area contributed by atoms with Crippen molar-refractivity contribution < 1.29 is 0 Å². The zero-order chi connectivity index (χ0) is 9.97. The first-order valence-electron chi connectivity index (χ1n) is 4.84. The fraction of sp³-hybridized carbons (Fsp3) is 0.500. The van der Waals surface area contributed by atoms with Crippen molar-refractivity contribution in [2.24, 2.45) is 0 Å². The summed E-state index contributed by atoms with van der Waals surface area (Å²) < 4.78 is 1.72. The molecular weight excluding hydrogens is 196 g/mol. The first-order valence-corrected chi connectivity index (χ1v) is 5.89. The van der Waals surface area contributed by atoms with E-state index in [2.05, 4.69) is 0 Å². The van der Waals surface area contributed by atoms with Crippen molar-refractivity contribution in [2.45, 2.75) is 24.6 Å². The maximum atomic E-state index is 11.6. The number of rotatable bonds is 2. The molecule has 0 radical (unpaired) electrons. The Balaban J connectivity index is 2.16. The van der Waals surface area contributed by atoms with Crippen LogP contribution in [0.3, 0.4) is 0 Å². The number of hydrogen-bond acceptors (Lipinski definition) is 3. The van der Waals surface area contributed by atoms with Gasteiger partial charge >= 0.3 is 0 Å². The summed E-state index contributed by atoms with van der Waals surface area (Å²) in [6.45, 7) is 0.800. The van der Waals surface area contributed by atoms with Crippen LogP contribution in [0.2, 0.25) is 0 Å². The average Bonchev–Trinajstić information content (AvgIpc) is 2.66. The fourth-order valence-corrected chi connectivity index (χ4v) is 2.97. The molecule has 4 heteroatoms. The van der Waals surface area contributed by atoms with Crippen molar-refractivity contribution >= 4 is 17.4 Å². The highest BCUT2D eigenvalue weighted by molar-refractivity contribution is 8.00. The van der Waals surface area contributed by atoms with Gasteiger partial charge in [0.05, 0.1) is 5.69 Å². The van der Waals surface area contributed by atoms with Crippen LogP contribution >= 0.6 is 11.8 Å². The number of nitrogen functional groups attached to an aromatic ring is 1. The van der Waals surface area contributed by atoms with Gasteiger partial charge in [0, 0.05) is 18.0 Å². The molecule has 0 saturated carbocycles. The van der Waals surface area contributed by atoms with Gasteiger partial charge in [-0.15, -0.1) is 0 Å². The summed E-state index contributed by atoms with van der Waals surface area (Å²) in [6, 6.07) is 3.48. The number of pyridine rings is 1. The molecule has 76 valence electrons. The summed E-state index contributed by atoms with van der Waals surface area (Å²) in [5.41, 5.74) is 5.84. The molecule has 2 heterocycles. The first-order chi connectivity index (χ1) is 6.77. The molecule has 1 saturated heterocycles. The molecule has 0 aliphatic carbocycles. The van der Waals surface area contributed by atoms with E-state index in [-0.39, 0.29) is 5.56 Å². The molecule has 1 aliphatic rings. The smallest absolute Gasteiger partial charge is 0.273 e. The largest absolute Gasteiger partial charge is 0.394 e. The second kappa shape index (κ2) is 4.09. The van der Waals surface area contributed by atoms with E-state index >= 15 is 0 Å². The van der Waals surface area contributed by atoms with Crippen molar-refractivity contribution in [3.05, 3.63) is 28.7 Å². The van der Waals surface area contributed by atoms with E-state index in [9.17, 15) is 4.79 Å². The van der Waals surface area contributed by atoms with Gasteiger partial charge in [-0.2, -0.15) is 11.8 Å². The summed E-state index contributed by atoms with van der Waals surface area (Å²) in [6.07, 6.45) is 4.30. The first kappa shape index (κ1) is 9.65. The van der Waals surface area contributed by atoms with Gasteiger partial charge in [0.2, 0.25) is 0 Å². The van der Waals surface area contributed by atoms with Crippen molar-refractivity contribution in [1.29, 1.82) is 0 Å². The number of nitrogens with two attached hydrogens (primary N) is 1. The lowest BCUT2D eigenvalue weighted by atomic mass is 10.2. The second-order valence-corrected chi connectivity index (χ2v) is 4.96. The summed E-state index contributed by atoms with van der Waals surface area (Å²) >= 11 is 1.95. The zero-order valence-corrected chi connectivity index (χ0v) is 8.80.